The highest BCUT2D eigenvalue weighted by Crippen LogP contribution is 2.28. The Labute approximate surface area is 352 Å². The van der Waals surface area contributed by atoms with Crippen molar-refractivity contribution in [2.75, 3.05) is 40.4 Å². The molecule has 296 valence electrons. The number of rotatable bonds is 7. The SMILES string of the molecule is COC(=O)c1nn(-c2cccc(Br)c2)c2ccc(CCl)cc12.COC(=O)c1nn(-c2cccc(Br)c2)c2ccc(CN3CCC(O)C3)cc12.Cl.OC1CCNC1. The predicted octanol–water partition coefficient (Wildman–Crippen LogP) is 7.22. The number of nitrogens with zero attached hydrogens (tertiary/aromatic N) is 5. The van der Waals surface area contributed by atoms with E-state index in [2.05, 4.69) is 52.3 Å². The van der Waals surface area contributed by atoms with Crippen LogP contribution in [0.4, 0.5) is 0 Å². The number of fused-ring (bicyclic) bond motifs is 2. The maximum Gasteiger partial charge on any atom is 0.359 e. The molecule has 0 saturated carbocycles. The van der Waals surface area contributed by atoms with Gasteiger partial charge in [0.15, 0.2) is 11.4 Å². The van der Waals surface area contributed by atoms with Crippen molar-refractivity contribution in [3.05, 3.63) is 116 Å². The van der Waals surface area contributed by atoms with Crippen molar-refractivity contribution in [1.29, 1.82) is 0 Å². The summed E-state index contributed by atoms with van der Waals surface area (Å²) < 4.78 is 15.1. The van der Waals surface area contributed by atoms with E-state index in [1.54, 1.807) is 9.36 Å². The predicted molar refractivity (Wildman–Crippen MR) is 226 cm³/mol. The van der Waals surface area contributed by atoms with Gasteiger partial charge in [0.05, 0.1) is 48.8 Å². The minimum Gasteiger partial charge on any atom is -0.464 e. The minimum absolute atomic E-state index is 0. The molecule has 0 radical (unpaired) electrons. The molecular formula is C40H42Br2Cl2N6O6. The van der Waals surface area contributed by atoms with Gasteiger partial charge in [0.1, 0.15) is 0 Å². The average Bonchev–Trinajstić information content (AvgIpc) is 4.01. The lowest BCUT2D eigenvalue weighted by atomic mass is 10.1. The summed E-state index contributed by atoms with van der Waals surface area (Å²) in [5.41, 5.74) is 5.98. The Bertz CT molecular complexity index is 2300. The number of likely N-dealkylation sites (tertiary alicyclic amines) is 1. The van der Waals surface area contributed by atoms with E-state index in [1.165, 1.54) is 14.2 Å². The van der Waals surface area contributed by atoms with Crippen molar-refractivity contribution < 1.29 is 29.3 Å². The molecule has 2 aromatic heterocycles. The molecule has 0 aliphatic carbocycles. The van der Waals surface area contributed by atoms with Crippen LogP contribution >= 0.6 is 55.9 Å². The minimum atomic E-state index is -0.467. The summed E-state index contributed by atoms with van der Waals surface area (Å²) in [4.78, 5) is 26.5. The third-order valence-electron chi connectivity index (χ3n) is 9.19. The molecule has 2 aliphatic heterocycles. The molecule has 0 spiro atoms. The van der Waals surface area contributed by atoms with E-state index in [4.69, 9.17) is 26.2 Å². The Balaban J connectivity index is 0.000000186. The first-order chi connectivity index (χ1) is 26.6. The van der Waals surface area contributed by atoms with Gasteiger partial charge in [-0.3, -0.25) is 4.90 Å². The standard InChI is InChI=1S/C20H20BrN3O3.C16H12BrClN2O2.C4H9NO.ClH/c1-27-20(26)19-17-9-13(11-23-8-7-16(25)12-23)5-6-18(17)24(22-19)15-4-2-3-14(21)10-15;1-22-16(21)15-13-7-10(9-18)5-6-14(13)20(19-15)12-4-2-3-11(17)8-12;6-4-1-2-5-3-4;/h2-6,9-10,16,25H,7-8,11-12H2,1H3;2-8H,9H2,1H3;4-6H,1-3H2;1H. The van der Waals surface area contributed by atoms with Crippen LogP contribution in [0.3, 0.4) is 0 Å². The van der Waals surface area contributed by atoms with E-state index in [0.29, 0.717) is 18.1 Å². The Morgan fingerprint density at radius 1 is 0.786 bits per heavy atom. The van der Waals surface area contributed by atoms with E-state index in [1.807, 2.05) is 84.9 Å². The summed E-state index contributed by atoms with van der Waals surface area (Å²) in [6, 6.07) is 27.2. The number of benzene rings is 4. The molecule has 4 heterocycles. The van der Waals surface area contributed by atoms with Gasteiger partial charge in [-0.05, 0) is 91.2 Å². The number of esters is 2. The number of halogens is 4. The van der Waals surface area contributed by atoms with Gasteiger partial charge in [0.2, 0.25) is 0 Å². The molecule has 2 fully saturated rings. The summed E-state index contributed by atoms with van der Waals surface area (Å²) >= 11 is 12.8. The quantitative estimate of drug-likeness (QED) is 0.111. The van der Waals surface area contributed by atoms with Gasteiger partial charge in [-0.25, -0.2) is 19.0 Å². The number of hydrogen-bond donors (Lipinski definition) is 3. The first-order valence-corrected chi connectivity index (χ1v) is 19.8. The largest absolute Gasteiger partial charge is 0.464 e. The molecule has 0 bridgehead atoms. The monoisotopic (exact) mass is 930 g/mol. The summed E-state index contributed by atoms with van der Waals surface area (Å²) in [6.07, 6.45) is 1.42. The Morgan fingerprint density at radius 3 is 1.73 bits per heavy atom. The first-order valence-electron chi connectivity index (χ1n) is 17.7. The van der Waals surface area contributed by atoms with Crippen LogP contribution < -0.4 is 5.32 Å². The number of aliphatic hydroxyl groups is 2. The van der Waals surface area contributed by atoms with Gasteiger partial charge in [0, 0.05) is 51.8 Å². The van der Waals surface area contributed by atoms with Crippen LogP contribution in [0.15, 0.2) is 93.9 Å². The molecule has 3 N–H and O–H groups in total. The molecule has 56 heavy (non-hydrogen) atoms. The second kappa shape index (κ2) is 20.0. The van der Waals surface area contributed by atoms with Gasteiger partial charge in [-0.2, -0.15) is 10.2 Å². The number of carbonyl (C=O) groups excluding carboxylic acids is 2. The number of nitrogens with one attached hydrogen (secondary N) is 1. The lowest BCUT2D eigenvalue weighted by Gasteiger charge is -2.15. The lowest BCUT2D eigenvalue weighted by molar-refractivity contribution is 0.0587. The van der Waals surface area contributed by atoms with E-state index >= 15 is 0 Å². The number of ether oxygens (including phenoxy) is 2. The van der Waals surface area contributed by atoms with Gasteiger partial charge < -0.3 is 25.0 Å². The Morgan fingerprint density at radius 2 is 1.32 bits per heavy atom. The van der Waals surface area contributed by atoms with Crippen LogP contribution in [0.1, 0.15) is 44.9 Å². The molecule has 2 aliphatic rings. The van der Waals surface area contributed by atoms with Gasteiger partial charge in [-0.1, -0.05) is 56.1 Å². The fraction of sp³-hybridized carbons (Fsp3) is 0.300. The molecular weight excluding hydrogens is 891 g/mol. The maximum atomic E-state index is 12.3. The maximum absolute atomic E-state index is 12.3. The second-order valence-corrected chi connectivity index (χ2v) is 15.2. The Kier molecular flexibility index (Phi) is 15.5. The van der Waals surface area contributed by atoms with Crippen molar-refractivity contribution in [3.63, 3.8) is 0 Å². The fourth-order valence-electron chi connectivity index (χ4n) is 6.47. The number of aromatic nitrogens is 4. The normalized spacial score (nSPS) is 16.4. The molecule has 2 atom stereocenters. The molecule has 12 nitrogen and oxygen atoms in total. The summed E-state index contributed by atoms with van der Waals surface area (Å²) in [7, 11) is 2.71. The van der Waals surface area contributed by atoms with Crippen LogP contribution in [-0.2, 0) is 21.9 Å². The number of β-amino-alcohol motifs (C(OH)–C–C–N with tert-alkyl or cyclic N) is 2. The zero-order chi connectivity index (χ0) is 39.1. The van der Waals surface area contributed by atoms with Gasteiger partial charge >= 0.3 is 11.9 Å². The zero-order valence-electron chi connectivity index (χ0n) is 30.7. The number of aliphatic hydroxyl groups excluding tert-OH is 2. The van der Waals surface area contributed by atoms with Crippen molar-refractivity contribution in [3.8, 4) is 11.4 Å². The number of methoxy groups -OCH3 is 2. The Hall–Kier alpha value is -3.86. The third-order valence-corrected chi connectivity index (χ3v) is 10.5. The number of hydrogen-bond acceptors (Lipinski definition) is 10. The molecule has 2 saturated heterocycles. The highest BCUT2D eigenvalue weighted by molar-refractivity contribution is 9.10. The van der Waals surface area contributed by atoms with Gasteiger partial charge in [-0.15, -0.1) is 24.0 Å². The average molecular weight is 934 g/mol. The second-order valence-electron chi connectivity index (χ2n) is 13.1. The molecule has 8 rings (SSSR count). The summed E-state index contributed by atoms with van der Waals surface area (Å²) in [5, 5.41) is 31.9. The molecule has 16 heteroatoms. The van der Waals surface area contributed by atoms with E-state index in [0.717, 1.165) is 92.3 Å². The van der Waals surface area contributed by atoms with E-state index in [9.17, 15) is 14.7 Å². The van der Waals surface area contributed by atoms with Crippen LogP contribution in [0.5, 0.6) is 0 Å². The van der Waals surface area contributed by atoms with E-state index in [-0.39, 0.29) is 30.3 Å². The van der Waals surface area contributed by atoms with Crippen molar-refractivity contribution in [2.24, 2.45) is 0 Å². The van der Waals surface area contributed by atoms with Crippen LogP contribution in [-0.4, -0.2) is 99.2 Å². The van der Waals surface area contributed by atoms with Crippen molar-refractivity contribution in [1.82, 2.24) is 29.8 Å². The van der Waals surface area contributed by atoms with Crippen LogP contribution in [0.2, 0.25) is 0 Å². The van der Waals surface area contributed by atoms with E-state index < -0.39 is 11.9 Å². The molecule has 6 aromatic rings. The highest BCUT2D eigenvalue weighted by atomic mass is 79.9. The number of alkyl halides is 1. The molecule has 4 aromatic carbocycles. The topological polar surface area (TPSA) is 144 Å². The van der Waals surface area contributed by atoms with Crippen molar-refractivity contribution in [2.45, 2.75) is 37.5 Å². The lowest BCUT2D eigenvalue weighted by Crippen LogP contribution is -2.21. The summed E-state index contributed by atoms with van der Waals surface area (Å²) in [6.45, 7) is 4.07. The van der Waals surface area contributed by atoms with Crippen LogP contribution in [0, 0.1) is 0 Å². The summed E-state index contributed by atoms with van der Waals surface area (Å²) in [5.74, 6) is -0.550. The number of carbonyl (C=O) groups is 2. The molecule has 0 amide bonds. The fourth-order valence-corrected chi connectivity index (χ4v) is 7.41. The zero-order valence-corrected chi connectivity index (χ0v) is 35.4. The smallest absolute Gasteiger partial charge is 0.359 e. The first kappa shape index (κ1) is 43.3. The third kappa shape index (κ3) is 10.4. The molecule has 2 unspecified atom stereocenters. The van der Waals surface area contributed by atoms with Gasteiger partial charge in [0.25, 0.3) is 0 Å². The van der Waals surface area contributed by atoms with Crippen LogP contribution in [0.25, 0.3) is 33.2 Å². The van der Waals surface area contributed by atoms with Crippen molar-refractivity contribution >= 4 is 89.6 Å². The highest BCUT2D eigenvalue weighted by Gasteiger charge is 2.23.